The summed E-state index contributed by atoms with van der Waals surface area (Å²) in [4.78, 5) is 8.98. The Kier molecular flexibility index (Phi) is 2.63. The summed E-state index contributed by atoms with van der Waals surface area (Å²) in [5, 5.41) is 0. The highest BCUT2D eigenvalue weighted by Crippen LogP contribution is 2.36. The lowest BCUT2D eigenvalue weighted by Gasteiger charge is -2.11. The molecule has 0 radical (unpaired) electrons. The Morgan fingerprint density at radius 2 is 1.93 bits per heavy atom. The van der Waals surface area contributed by atoms with Crippen molar-refractivity contribution in [1.82, 2.24) is 9.97 Å². The SMILES string of the molecule is Cc1nc(C2CCC(C)C2)nc(N)c1C. The molecular weight excluding hydrogens is 186 g/mol. The molecule has 0 amide bonds. The molecule has 0 aliphatic heterocycles. The van der Waals surface area contributed by atoms with Crippen LogP contribution in [0.4, 0.5) is 5.82 Å². The van der Waals surface area contributed by atoms with Gasteiger partial charge in [-0.1, -0.05) is 6.92 Å². The van der Waals surface area contributed by atoms with Gasteiger partial charge in [0.15, 0.2) is 0 Å². The topological polar surface area (TPSA) is 51.8 Å². The zero-order chi connectivity index (χ0) is 11.0. The molecule has 1 aromatic rings. The van der Waals surface area contributed by atoms with Crippen LogP contribution in [0.25, 0.3) is 0 Å². The van der Waals surface area contributed by atoms with Gasteiger partial charge in [0.25, 0.3) is 0 Å². The number of rotatable bonds is 1. The molecule has 0 bridgehead atoms. The molecule has 0 aromatic carbocycles. The minimum Gasteiger partial charge on any atom is -0.383 e. The molecule has 2 atom stereocenters. The largest absolute Gasteiger partial charge is 0.383 e. The molecule has 3 nitrogen and oxygen atoms in total. The maximum Gasteiger partial charge on any atom is 0.134 e. The Labute approximate surface area is 91.1 Å². The fraction of sp³-hybridized carbons (Fsp3) is 0.667. The van der Waals surface area contributed by atoms with E-state index < -0.39 is 0 Å². The second-order valence-electron chi connectivity index (χ2n) is 4.79. The highest BCUT2D eigenvalue weighted by atomic mass is 15.0. The van der Waals surface area contributed by atoms with E-state index in [9.17, 15) is 0 Å². The van der Waals surface area contributed by atoms with E-state index in [-0.39, 0.29) is 0 Å². The van der Waals surface area contributed by atoms with Crippen LogP contribution in [-0.2, 0) is 0 Å². The summed E-state index contributed by atoms with van der Waals surface area (Å²) in [6.07, 6.45) is 3.71. The van der Waals surface area contributed by atoms with Crippen molar-refractivity contribution in [2.45, 2.75) is 46.0 Å². The van der Waals surface area contributed by atoms with Gasteiger partial charge in [-0.2, -0.15) is 0 Å². The van der Waals surface area contributed by atoms with E-state index in [0.717, 1.165) is 23.0 Å². The van der Waals surface area contributed by atoms with E-state index in [4.69, 9.17) is 5.73 Å². The van der Waals surface area contributed by atoms with Crippen LogP contribution in [0.3, 0.4) is 0 Å². The van der Waals surface area contributed by atoms with Crippen molar-refractivity contribution in [3.63, 3.8) is 0 Å². The lowest BCUT2D eigenvalue weighted by molar-refractivity contribution is 0.584. The lowest BCUT2D eigenvalue weighted by atomic mass is 10.1. The number of hydrogen-bond acceptors (Lipinski definition) is 3. The van der Waals surface area contributed by atoms with Gasteiger partial charge in [-0.15, -0.1) is 0 Å². The molecule has 1 aliphatic rings. The summed E-state index contributed by atoms with van der Waals surface area (Å²) in [5.74, 6) is 2.94. The molecule has 1 fully saturated rings. The Bertz CT molecular complexity index is 350. The first-order valence-corrected chi connectivity index (χ1v) is 5.68. The predicted octanol–water partition coefficient (Wildman–Crippen LogP) is 2.58. The van der Waals surface area contributed by atoms with E-state index in [1.54, 1.807) is 0 Å². The van der Waals surface area contributed by atoms with Crippen molar-refractivity contribution < 1.29 is 0 Å². The summed E-state index contributed by atoms with van der Waals surface area (Å²) in [5.41, 5.74) is 7.92. The minimum atomic E-state index is 0.529. The van der Waals surface area contributed by atoms with Crippen molar-refractivity contribution in [2.24, 2.45) is 5.92 Å². The molecule has 1 aliphatic carbocycles. The molecule has 0 saturated heterocycles. The molecule has 1 saturated carbocycles. The van der Waals surface area contributed by atoms with Crippen LogP contribution in [0.2, 0.25) is 0 Å². The smallest absolute Gasteiger partial charge is 0.134 e. The molecule has 2 N–H and O–H groups in total. The summed E-state index contributed by atoms with van der Waals surface area (Å²) in [6, 6.07) is 0. The number of hydrogen-bond donors (Lipinski definition) is 1. The average Bonchev–Trinajstić information content (AvgIpc) is 2.60. The van der Waals surface area contributed by atoms with Gasteiger partial charge in [-0.3, -0.25) is 0 Å². The van der Waals surface area contributed by atoms with Crippen LogP contribution in [0, 0.1) is 19.8 Å². The summed E-state index contributed by atoms with van der Waals surface area (Å²) >= 11 is 0. The maximum absolute atomic E-state index is 5.87. The third-order valence-electron chi connectivity index (χ3n) is 3.50. The van der Waals surface area contributed by atoms with Gasteiger partial charge in [0, 0.05) is 17.2 Å². The maximum atomic E-state index is 5.87. The molecule has 1 aromatic heterocycles. The van der Waals surface area contributed by atoms with E-state index in [2.05, 4.69) is 16.9 Å². The number of anilines is 1. The van der Waals surface area contributed by atoms with E-state index in [0.29, 0.717) is 11.7 Å². The second kappa shape index (κ2) is 3.80. The van der Waals surface area contributed by atoms with E-state index >= 15 is 0 Å². The van der Waals surface area contributed by atoms with Gasteiger partial charge in [-0.05, 0) is 39.0 Å². The summed E-state index contributed by atoms with van der Waals surface area (Å²) in [7, 11) is 0. The molecule has 15 heavy (non-hydrogen) atoms. The quantitative estimate of drug-likeness (QED) is 0.766. The van der Waals surface area contributed by atoms with Crippen LogP contribution < -0.4 is 5.73 Å². The fourth-order valence-electron chi connectivity index (χ4n) is 2.30. The van der Waals surface area contributed by atoms with Crippen molar-refractivity contribution in [1.29, 1.82) is 0 Å². The molecule has 3 heteroatoms. The van der Waals surface area contributed by atoms with Gasteiger partial charge in [-0.25, -0.2) is 9.97 Å². The lowest BCUT2D eigenvalue weighted by Crippen LogP contribution is -2.08. The third-order valence-corrected chi connectivity index (χ3v) is 3.50. The average molecular weight is 205 g/mol. The van der Waals surface area contributed by atoms with Crippen molar-refractivity contribution in [2.75, 3.05) is 5.73 Å². The monoisotopic (exact) mass is 205 g/mol. The third kappa shape index (κ3) is 1.96. The molecular formula is C12H19N3. The van der Waals surface area contributed by atoms with Crippen molar-refractivity contribution >= 4 is 5.82 Å². The van der Waals surface area contributed by atoms with Crippen LogP contribution >= 0.6 is 0 Å². The molecule has 0 spiro atoms. The van der Waals surface area contributed by atoms with E-state index in [1.165, 1.54) is 19.3 Å². The number of aromatic nitrogens is 2. The van der Waals surface area contributed by atoms with Gasteiger partial charge >= 0.3 is 0 Å². The number of nitrogens with zero attached hydrogens (tertiary/aromatic N) is 2. The Morgan fingerprint density at radius 3 is 2.47 bits per heavy atom. The van der Waals surface area contributed by atoms with Crippen LogP contribution in [-0.4, -0.2) is 9.97 Å². The summed E-state index contributed by atoms with van der Waals surface area (Å²) in [6.45, 7) is 6.28. The van der Waals surface area contributed by atoms with Crippen LogP contribution in [0.1, 0.15) is 49.2 Å². The van der Waals surface area contributed by atoms with Crippen molar-refractivity contribution in [3.8, 4) is 0 Å². The Balaban J connectivity index is 2.29. The van der Waals surface area contributed by atoms with Gasteiger partial charge in [0.1, 0.15) is 11.6 Å². The number of nitrogen functional groups attached to an aromatic ring is 1. The molecule has 82 valence electrons. The zero-order valence-corrected chi connectivity index (χ0v) is 9.75. The Morgan fingerprint density at radius 1 is 1.20 bits per heavy atom. The van der Waals surface area contributed by atoms with Gasteiger partial charge < -0.3 is 5.73 Å². The molecule has 1 heterocycles. The predicted molar refractivity (Wildman–Crippen MR) is 61.7 cm³/mol. The van der Waals surface area contributed by atoms with Gasteiger partial charge in [0.2, 0.25) is 0 Å². The number of aryl methyl sites for hydroxylation is 1. The summed E-state index contributed by atoms with van der Waals surface area (Å²) < 4.78 is 0. The number of nitrogens with two attached hydrogens (primary N) is 1. The Hall–Kier alpha value is -1.12. The van der Waals surface area contributed by atoms with Crippen LogP contribution in [0.15, 0.2) is 0 Å². The zero-order valence-electron chi connectivity index (χ0n) is 9.75. The van der Waals surface area contributed by atoms with Gasteiger partial charge in [0.05, 0.1) is 0 Å². The first kappa shape index (κ1) is 10.4. The first-order valence-electron chi connectivity index (χ1n) is 5.68. The van der Waals surface area contributed by atoms with Crippen LogP contribution in [0.5, 0.6) is 0 Å². The van der Waals surface area contributed by atoms with Crippen molar-refractivity contribution in [3.05, 3.63) is 17.1 Å². The minimum absolute atomic E-state index is 0.529. The molecule has 2 unspecified atom stereocenters. The highest BCUT2D eigenvalue weighted by molar-refractivity contribution is 5.40. The first-order chi connectivity index (χ1) is 7.08. The second-order valence-corrected chi connectivity index (χ2v) is 4.79. The standard InChI is InChI=1S/C12H19N3/c1-7-4-5-10(6-7)12-14-9(3)8(2)11(13)15-12/h7,10H,4-6H2,1-3H3,(H2,13,14,15). The fourth-order valence-corrected chi connectivity index (χ4v) is 2.30. The highest BCUT2D eigenvalue weighted by Gasteiger charge is 2.25. The van der Waals surface area contributed by atoms with E-state index in [1.807, 2.05) is 13.8 Å². The molecule has 2 rings (SSSR count). The normalized spacial score (nSPS) is 25.8.